The van der Waals surface area contributed by atoms with Crippen LogP contribution in [0.1, 0.15) is 50.9 Å². The Kier molecular flexibility index (Phi) is 11.5. The van der Waals surface area contributed by atoms with E-state index in [-0.39, 0.29) is 60.6 Å². The maximum atomic E-state index is 13.3. The first-order valence-corrected chi connectivity index (χ1v) is 13.9. The Labute approximate surface area is 230 Å². The first-order chi connectivity index (χ1) is 18.7. The van der Waals surface area contributed by atoms with Crippen LogP contribution in [0.25, 0.3) is 0 Å². The fraction of sp³-hybridized carbons (Fsp3) is 0.643. The van der Waals surface area contributed by atoms with Gasteiger partial charge in [0.25, 0.3) is 5.91 Å². The van der Waals surface area contributed by atoms with Crippen molar-refractivity contribution in [2.24, 2.45) is 11.8 Å². The van der Waals surface area contributed by atoms with Crippen LogP contribution in [0.15, 0.2) is 24.3 Å². The molecule has 3 rings (SSSR count). The molecule has 0 aliphatic carbocycles. The highest BCUT2D eigenvalue weighted by Gasteiger charge is 2.30. The second-order valence-electron chi connectivity index (χ2n) is 10.8. The van der Waals surface area contributed by atoms with Crippen molar-refractivity contribution in [2.75, 3.05) is 46.0 Å². The molecule has 0 bridgehead atoms. The molecule has 1 fully saturated rings. The molecule has 4 N–H and O–H groups in total. The Morgan fingerprint density at radius 1 is 1.03 bits per heavy atom. The summed E-state index contributed by atoms with van der Waals surface area (Å²) in [5, 5.41) is 11.5. The summed E-state index contributed by atoms with van der Waals surface area (Å²) in [6, 6.07) is 4.76. The van der Waals surface area contributed by atoms with E-state index in [1.807, 2.05) is 27.7 Å². The fourth-order valence-corrected chi connectivity index (χ4v) is 4.48. The third-order valence-corrected chi connectivity index (χ3v) is 7.06. The van der Waals surface area contributed by atoms with Gasteiger partial charge < -0.3 is 30.7 Å². The second-order valence-corrected chi connectivity index (χ2v) is 10.8. The van der Waals surface area contributed by atoms with Crippen molar-refractivity contribution in [3.05, 3.63) is 29.8 Å². The van der Waals surface area contributed by atoms with Crippen molar-refractivity contribution < 1.29 is 28.7 Å². The minimum Gasteiger partial charge on any atom is -0.491 e. The average Bonchev–Trinajstić information content (AvgIpc) is 2.91. The third kappa shape index (κ3) is 9.21. The lowest BCUT2D eigenvalue weighted by Gasteiger charge is -2.27. The molecule has 216 valence electrons. The molecular formula is C28H43N5O6. The largest absolute Gasteiger partial charge is 0.491 e. The predicted molar refractivity (Wildman–Crippen MR) is 146 cm³/mol. The number of hydrogen-bond acceptors (Lipinski definition) is 7. The molecule has 0 radical (unpaired) electrons. The minimum absolute atomic E-state index is 0.0376. The quantitative estimate of drug-likeness (QED) is 0.413. The molecule has 2 heterocycles. The number of nitrogens with zero attached hydrogens (tertiary/aromatic N) is 1. The molecule has 39 heavy (non-hydrogen) atoms. The number of carbonyl (C=O) groups excluding carboxylic acids is 4. The van der Waals surface area contributed by atoms with Crippen LogP contribution in [0.2, 0.25) is 0 Å². The first kappa shape index (κ1) is 30.4. The standard InChI is InChI=1S/C28H43N5O6/c1-18(2)22-17-39-23-8-6-5-7-20(23)26(35)30-21(27(36)29-11-12-33-13-15-38-16-14-33)9-10-24(34)32-25(19(3)4)28(37)31-22/h5-8,18-19,21-22,25H,9-17H2,1-4H3,(H,29,36)(H,30,35)(H,31,37)(H,32,34)/t21-,22+,25+/m0/s1. The maximum absolute atomic E-state index is 13.3. The molecule has 1 aromatic rings. The Hall–Kier alpha value is -3.18. The van der Waals surface area contributed by atoms with Crippen LogP contribution in [0.5, 0.6) is 5.75 Å². The van der Waals surface area contributed by atoms with Gasteiger partial charge in [-0.25, -0.2) is 0 Å². The Bertz CT molecular complexity index is 994. The number of morpholine rings is 1. The number of ether oxygens (including phenoxy) is 2. The van der Waals surface area contributed by atoms with Gasteiger partial charge in [0.2, 0.25) is 17.7 Å². The van der Waals surface area contributed by atoms with E-state index < -0.39 is 18.0 Å². The molecular weight excluding hydrogens is 502 g/mol. The monoisotopic (exact) mass is 545 g/mol. The van der Waals surface area contributed by atoms with E-state index in [1.54, 1.807) is 24.3 Å². The zero-order valence-electron chi connectivity index (χ0n) is 23.5. The summed E-state index contributed by atoms with van der Waals surface area (Å²) < 4.78 is 11.4. The van der Waals surface area contributed by atoms with Crippen molar-refractivity contribution in [3.63, 3.8) is 0 Å². The van der Waals surface area contributed by atoms with Crippen LogP contribution in [0.3, 0.4) is 0 Å². The summed E-state index contributed by atoms with van der Waals surface area (Å²) in [5.41, 5.74) is 0.275. The molecule has 2 aliphatic heterocycles. The van der Waals surface area contributed by atoms with Crippen molar-refractivity contribution in [2.45, 2.75) is 58.7 Å². The lowest BCUT2D eigenvalue weighted by Crippen LogP contribution is -2.54. The van der Waals surface area contributed by atoms with E-state index >= 15 is 0 Å². The van der Waals surface area contributed by atoms with Gasteiger partial charge >= 0.3 is 0 Å². The zero-order valence-corrected chi connectivity index (χ0v) is 23.5. The fourth-order valence-electron chi connectivity index (χ4n) is 4.48. The van der Waals surface area contributed by atoms with Crippen LogP contribution >= 0.6 is 0 Å². The Morgan fingerprint density at radius 3 is 2.44 bits per heavy atom. The summed E-state index contributed by atoms with van der Waals surface area (Å²) in [7, 11) is 0. The van der Waals surface area contributed by atoms with Gasteiger partial charge in [0.1, 0.15) is 24.4 Å². The molecule has 0 aromatic heterocycles. The van der Waals surface area contributed by atoms with E-state index in [0.717, 1.165) is 13.1 Å². The van der Waals surface area contributed by atoms with Crippen molar-refractivity contribution in [3.8, 4) is 5.75 Å². The van der Waals surface area contributed by atoms with Gasteiger partial charge in [-0.2, -0.15) is 0 Å². The van der Waals surface area contributed by atoms with Gasteiger partial charge in [0.05, 0.1) is 24.8 Å². The van der Waals surface area contributed by atoms with E-state index in [9.17, 15) is 19.2 Å². The summed E-state index contributed by atoms with van der Waals surface area (Å²) in [6.07, 6.45) is 0.0368. The lowest BCUT2D eigenvalue weighted by atomic mass is 10.00. The molecule has 2 aliphatic rings. The van der Waals surface area contributed by atoms with Crippen molar-refractivity contribution in [1.29, 1.82) is 0 Å². The number of fused-ring (bicyclic) bond motifs is 1. The highest BCUT2D eigenvalue weighted by molar-refractivity contribution is 5.99. The van der Waals surface area contributed by atoms with E-state index in [0.29, 0.717) is 32.1 Å². The topological polar surface area (TPSA) is 138 Å². The van der Waals surface area contributed by atoms with Crippen LogP contribution < -0.4 is 26.0 Å². The number of amides is 4. The molecule has 0 spiro atoms. The second kappa shape index (κ2) is 14.8. The minimum atomic E-state index is -0.944. The Balaban J connectivity index is 1.80. The van der Waals surface area contributed by atoms with Crippen LogP contribution in [0.4, 0.5) is 0 Å². The number of hydrogen-bond donors (Lipinski definition) is 4. The zero-order chi connectivity index (χ0) is 28.4. The number of para-hydroxylation sites is 1. The third-order valence-electron chi connectivity index (χ3n) is 7.06. The van der Waals surface area contributed by atoms with Crippen LogP contribution in [0, 0.1) is 11.8 Å². The highest BCUT2D eigenvalue weighted by atomic mass is 16.5. The first-order valence-electron chi connectivity index (χ1n) is 13.9. The summed E-state index contributed by atoms with van der Waals surface area (Å²) >= 11 is 0. The normalized spacial score (nSPS) is 23.9. The molecule has 1 saturated heterocycles. The average molecular weight is 546 g/mol. The SMILES string of the molecule is CC(C)[C@H]1COc2ccccc2C(=O)N[C@H](C(=O)NCCN2CCOCC2)CCC(=O)N[C@H](C(C)C)C(=O)N1. The lowest BCUT2D eigenvalue weighted by molar-refractivity contribution is -0.131. The smallest absolute Gasteiger partial charge is 0.255 e. The van der Waals surface area contributed by atoms with Crippen LogP contribution in [-0.2, 0) is 19.1 Å². The molecule has 1 aromatic carbocycles. The highest BCUT2D eigenvalue weighted by Crippen LogP contribution is 2.20. The van der Waals surface area contributed by atoms with Gasteiger partial charge in [-0.1, -0.05) is 39.8 Å². The Morgan fingerprint density at radius 2 is 1.74 bits per heavy atom. The van der Waals surface area contributed by atoms with Crippen molar-refractivity contribution in [1.82, 2.24) is 26.2 Å². The number of carbonyl (C=O) groups is 4. The summed E-state index contributed by atoms with van der Waals surface area (Å²) in [6.45, 7) is 11.8. The summed E-state index contributed by atoms with van der Waals surface area (Å²) in [4.78, 5) is 54.7. The van der Waals surface area contributed by atoms with Gasteiger partial charge in [-0.15, -0.1) is 0 Å². The van der Waals surface area contributed by atoms with E-state index in [1.165, 1.54) is 0 Å². The number of rotatable bonds is 6. The molecule has 11 heteroatoms. The molecule has 3 atom stereocenters. The van der Waals surface area contributed by atoms with Gasteiger partial charge in [0, 0.05) is 32.6 Å². The molecule has 0 saturated carbocycles. The van der Waals surface area contributed by atoms with E-state index in [4.69, 9.17) is 9.47 Å². The van der Waals surface area contributed by atoms with Crippen LogP contribution in [-0.4, -0.2) is 92.7 Å². The predicted octanol–water partition coefficient (Wildman–Crippen LogP) is 0.688. The van der Waals surface area contributed by atoms with Crippen molar-refractivity contribution >= 4 is 23.6 Å². The maximum Gasteiger partial charge on any atom is 0.255 e. The van der Waals surface area contributed by atoms with Gasteiger partial charge in [-0.05, 0) is 30.4 Å². The molecule has 0 unspecified atom stereocenters. The van der Waals surface area contributed by atoms with Gasteiger partial charge in [0.15, 0.2) is 0 Å². The number of benzene rings is 1. The van der Waals surface area contributed by atoms with E-state index in [2.05, 4.69) is 26.2 Å². The number of nitrogens with one attached hydrogen (secondary N) is 4. The summed E-state index contributed by atoms with van der Waals surface area (Å²) in [5.74, 6) is -1.26. The van der Waals surface area contributed by atoms with Gasteiger partial charge in [-0.3, -0.25) is 24.1 Å². The molecule has 11 nitrogen and oxygen atoms in total. The molecule has 4 amide bonds.